The fourth-order valence-corrected chi connectivity index (χ4v) is 16.8. The molecule has 0 aliphatic carbocycles. The number of rotatable bonds is 9. The molecule has 0 fully saturated rings. The van der Waals surface area contributed by atoms with Gasteiger partial charge in [-0.3, -0.25) is 0 Å². The van der Waals surface area contributed by atoms with Gasteiger partial charge < -0.3 is 0 Å². The van der Waals surface area contributed by atoms with Crippen LogP contribution in [-0.2, 0) is 0 Å². The monoisotopic (exact) mass is 646 g/mol. The Balaban J connectivity index is 1.63. The van der Waals surface area contributed by atoms with E-state index in [1.807, 2.05) is 36.4 Å². The quantitative estimate of drug-likeness (QED) is 0.108. The molecule has 6 aromatic carbocycles. The van der Waals surface area contributed by atoms with Crippen molar-refractivity contribution < 1.29 is 0 Å². The van der Waals surface area contributed by atoms with E-state index >= 15 is 0 Å². The molecule has 0 heterocycles. The van der Waals surface area contributed by atoms with Gasteiger partial charge in [0, 0.05) is 0 Å². The summed E-state index contributed by atoms with van der Waals surface area (Å²) in [6.45, 7) is 0. The minimum absolute atomic E-state index is 1.08. The van der Waals surface area contributed by atoms with Crippen LogP contribution in [0.4, 0.5) is 0 Å². The van der Waals surface area contributed by atoms with Gasteiger partial charge in [-0.1, -0.05) is 0 Å². The van der Waals surface area contributed by atoms with Crippen LogP contribution in [0.1, 0.15) is 0 Å². The summed E-state index contributed by atoms with van der Waals surface area (Å²) in [5.74, 6) is -2.71. The van der Waals surface area contributed by atoms with Crippen molar-refractivity contribution in [2.75, 3.05) is 0 Å². The standard InChI is InChI=1S/C40H34Cl2P2/c41-43(35-21-7-1-8-22-35,36-23-9-2-10-24-36,37-25-11-3-12-26-37)33-19-20-34-44(42,38-27-13-4-14-28-38,39-29-15-5-16-30-39)40-31-17-6-18-32-40/h1-34H. The second-order valence-electron chi connectivity index (χ2n) is 10.8. The molecule has 44 heavy (non-hydrogen) atoms. The van der Waals surface area contributed by atoms with E-state index < -0.39 is 11.9 Å². The summed E-state index contributed by atoms with van der Waals surface area (Å²) in [6, 6.07) is 62.9. The molecule has 0 N–H and O–H groups in total. The Hall–Kier alpha value is -3.76. The fraction of sp³-hybridized carbons (Fsp3) is 0. The third-order valence-corrected chi connectivity index (χ3v) is 21.9. The van der Waals surface area contributed by atoms with Crippen LogP contribution in [0.5, 0.6) is 0 Å². The summed E-state index contributed by atoms with van der Waals surface area (Å²) in [5.41, 5.74) is 0. The van der Waals surface area contributed by atoms with Crippen molar-refractivity contribution in [1.82, 2.24) is 0 Å². The first kappa shape index (κ1) is 30.3. The first-order valence-corrected chi connectivity index (χ1v) is 21.1. The Labute approximate surface area is 270 Å². The number of benzene rings is 6. The van der Waals surface area contributed by atoms with Crippen LogP contribution < -0.4 is 31.8 Å². The number of halogens is 2. The van der Waals surface area contributed by atoms with Crippen molar-refractivity contribution in [3.8, 4) is 0 Å². The van der Waals surface area contributed by atoms with Crippen molar-refractivity contribution in [2.24, 2.45) is 0 Å². The Bertz CT molecular complexity index is 1530. The number of allylic oxidation sites excluding steroid dienone is 2. The van der Waals surface area contributed by atoms with Gasteiger partial charge in [0.2, 0.25) is 0 Å². The van der Waals surface area contributed by atoms with Crippen LogP contribution >= 0.6 is 34.4 Å². The van der Waals surface area contributed by atoms with Crippen LogP contribution in [0.25, 0.3) is 0 Å². The first-order valence-electron chi connectivity index (χ1n) is 14.7. The van der Waals surface area contributed by atoms with Crippen LogP contribution in [0.3, 0.4) is 0 Å². The van der Waals surface area contributed by atoms with Crippen molar-refractivity contribution >= 4 is 66.2 Å². The van der Waals surface area contributed by atoms with Gasteiger partial charge in [0.1, 0.15) is 0 Å². The zero-order chi connectivity index (χ0) is 30.4. The number of hydrogen-bond donors (Lipinski definition) is 0. The zero-order valence-electron chi connectivity index (χ0n) is 24.3. The average Bonchev–Trinajstić information content (AvgIpc) is 3.12. The van der Waals surface area contributed by atoms with E-state index in [0.29, 0.717) is 0 Å². The van der Waals surface area contributed by atoms with Gasteiger partial charge in [0.15, 0.2) is 0 Å². The van der Waals surface area contributed by atoms with Crippen molar-refractivity contribution in [1.29, 1.82) is 0 Å². The molecule has 0 aliphatic rings. The third-order valence-electron chi connectivity index (χ3n) is 8.41. The van der Waals surface area contributed by atoms with Gasteiger partial charge in [0.25, 0.3) is 0 Å². The normalized spacial score (nSPS) is 14.0. The molecule has 6 rings (SSSR count). The van der Waals surface area contributed by atoms with Gasteiger partial charge in [-0.05, 0) is 0 Å². The molecule has 218 valence electrons. The van der Waals surface area contributed by atoms with Gasteiger partial charge in [-0.25, -0.2) is 0 Å². The minimum atomic E-state index is -3.59. The van der Waals surface area contributed by atoms with Crippen LogP contribution in [0.2, 0.25) is 0 Å². The van der Waals surface area contributed by atoms with Crippen molar-refractivity contribution in [3.63, 3.8) is 0 Å². The summed E-state index contributed by atoms with van der Waals surface area (Å²) in [4.78, 5) is 0. The molecular weight excluding hydrogens is 613 g/mol. The summed E-state index contributed by atoms with van der Waals surface area (Å²) in [6.07, 6.45) is 4.24. The first-order chi connectivity index (χ1) is 21.5. The second-order valence-corrected chi connectivity index (χ2v) is 23.0. The Morgan fingerprint density at radius 1 is 0.273 bits per heavy atom. The topological polar surface area (TPSA) is 0 Å². The predicted molar refractivity (Wildman–Crippen MR) is 200 cm³/mol. The maximum atomic E-state index is 8.30. The third kappa shape index (κ3) is 4.98. The van der Waals surface area contributed by atoms with Gasteiger partial charge in [-0.15, -0.1) is 0 Å². The van der Waals surface area contributed by atoms with E-state index in [4.69, 9.17) is 22.5 Å². The molecule has 0 spiro atoms. The molecular formula is C40H34Cl2P2. The molecule has 0 atom stereocenters. The van der Waals surface area contributed by atoms with E-state index in [1.54, 1.807) is 0 Å². The van der Waals surface area contributed by atoms with Gasteiger partial charge in [-0.2, -0.15) is 0 Å². The molecule has 0 aliphatic heterocycles. The summed E-state index contributed by atoms with van der Waals surface area (Å²) < 4.78 is 0. The van der Waals surface area contributed by atoms with E-state index in [0.717, 1.165) is 31.8 Å². The summed E-state index contributed by atoms with van der Waals surface area (Å²) in [7, 11) is 0. The molecule has 0 nitrogen and oxygen atoms in total. The van der Waals surface area contributed by atoms with E-state index in [1.165, 1.54) is 0 Å². The van der Waals surface area contributed by atoms with E-state index in [9.17, 15) is 0 Å². The van der Waals surface area contributed by atoms with Crippen LogP contribution in [0, 0.1) is 0 Å². The van der Waals surface area contributed by atoms with Gasteiger partial charge in [0.05, 0.1) is 0 Å². The Kier molecular flexibility index (Phi) is 8.48. The molecule has 0 saturated carbocycles. The molecule has 0 unspecified atom stereocenters. The Morgan fingerprint density at radius 2 is 0.432 bits per heavy atom. The maximum absolute atomic E-state index is 8.30. The molecule has 0 radical (unpaired) electrons. The predicted octanol–water partition coefficient (Wildman–Crippen LogP) is 9.38. The molecule has 0 saturated heterocycles. The summed E-state index contributed by atoms with van der Waals surface area (Å²) >= 11 is 16.6. The van der Waals surface area contributed by atoms with Crippen LogP contribution in [-0.4, -0.2) is 0 Å². The fourth-order valence-electron chi connectivity index (χ4n) is 6.15. The van der Waals surface area contributed by atoms with E-state index in [2.05, 4.69) is 169 Å². The molecule has 0 amide bonds. The SMILES string of the molecule is ClP(C=CC=CP(Cl)(c1ccccc1)(c1ccccc1)c1ccccc1)(c1ccccc1)(c1ccccc1)c1ccccc1. The van der Waals surface area contributed by atoms with E-state index in [-0.39, 0.29) is 0 Å². The molecule has 0 bridgehead atoms. The molecule has 0 aromatic heterocycles. The molecule has 4 heteroatoms. The second kappa shape index (κ2) is 12.3. The Morgan fingerprint density at radius 3 is 0.591 bits per heavy atom. The van der Waals surface area contributed by atoms with Crippen LogP contribution in [0.15, 0.2) is 206 Å². The average molecular weight is 648 g/mol. The summed E-state index contributed by atoms with van der Waals surface area (Å²) in [5, 5.41) is 6.50. The van der Waals surface area contributed by atoms with Crippen molar-refractivity contribution in [2.45, 2.75) is 0 Å². The number of hydrogen-bond acceptors (Lipinski definition) is 0. The zero-order valence-corrected chi connectivity index (χ0v) is 27.6. The molecule has 6 aromatic rings. The van der Waals surface area contributed by atoms with Gasteiger partial charge >= 0.3 is 272 Å². The van der Waals surface area contributed by atoms with Crippen molar-refractivity contribution in [3.05, 3.63) is 206 Å².